The summed E-state index contributed by atoms with van der Waals surface area (Å²) in [5.74, 6) is -2.00. The van der Waals surface area contributed by atoms with Gasteiger partial charge in [-0.1, -0.05) is 12.1 Å². The summed E-state index contributed by atoms with van der Waals surface area (Å²) >= 11 is 0. The van der Waals surface area contributed by atoms with E-state index in [9.17, 15) is 18.5 Å². The van der Waals surface area contributed by atoms with E-state index >= 15 is 0 Å². The SMILES string of the molecule is CS(=O)c1cccc(NC(=O)c2c(O)cccc2F)c1. The average Bonchev–Trinajstić information content (AvgIpc) is 2.38. The molecule has 0 heterocycles. The van der Waals surface area contributed by atoms with Crippen molar-refractivity contribution in [1.29, 1.82) is 0 Å². The number of hydrogen-bond donors (Lipinski definition) is 2. The van der Waals surface area contributed by atoms with Crippen molar-refractivity contribution >= 4 is 22.4 Å². The molecule has 0 aliphatic rings. The topological polar surface area (TPSA) is 66.4 Å². The van der Waals surface area contributed by atoms with Gasteiger partial charge in [-0.2, -0.15) is 0 Å². The number of rotatable bonds is 3. The van der Waals surface area contributed by atoms with Crippen LogP contribution in [0.4, 0.5) is 10.1 Å². The number of hydrogen-bond acceptors (Lipinski definition) is 3. The third kappa shape index (κ3) is 3.03. The molecule has 0 radical (unpaired) electrons. The number of aromatic hydroxyl groups is 1. The van der Waals surface area contributed by atoms with E-state index < -0.39 is 33.8 Å². The monoisotopic (exact) mass is 293 g/mol. The first-order chi connectivity index (χ1) is 9.49. The van der Waals surface area contributed by atoms with Crippen LogP contribution in [-0.2, 0) is 10.8 Å². The Bertz CT molecular complexity index is 668. The Balaban J connectivity index is 2.28. The first-order valence-corrected chi connectivity index (χ1v) is 7.27. The summed E-state index contributed by atoms with van der Waals surface area (Å²) in [6.45, 7) is 0. The Morgan fingerprint density at radius 3 is 2.60 bits per heavy atom. The summed E-state index contributed by atoms with van der Waals surface area (Å²) in [6.07, 6.45) is 1.52. The molecule has 20 heavy (non-hydrogen) atoms. The van der Waals surface area contributed by atoms with Crippen molar-refractivity contribution in [3.63, 3.8) is 0 Å². The van der Waals surface area contributed by atoms with Crippen LogP contribution in [0.2, 0.25) is 0 Å². The molecule has 2 aromatic carbocycles. The van der Waals surface area contributed by atoms with E-state index in [0.717, 1.165) is 6.07 Å². The molecule has 0 saturated heterocycles. The van der Waals surface area contributed by atoms with Gasteiger partial charge >= 0.3 is 0 Å². The number of phenolic OH excluding ortho intramolecular Hbond substituents is 1. The number of halogens is 1. The number of benzene rings is 2. The minimum absolute atomic E-state index is 0.380. The lowest BCUT2D eigenvalue weighted by Crippen LogP contribution is -2.14. The quantitative estimate of drug-likeness (QED) is 0.914. The second kappa shape index (κ2) is 5.83. The molecule has 4 nitrogen and oxygen atoms in total. The minimum Gasteiger partial charge on any atom is -0.507 e. The molecular formula is C14H12FNO3S. The zero-order chi connectivity index (χ0) is 14.7. The predicted octanol–water partition coefficient (Wildman–Crippen LogP) is 2.52. The molecule has 0 aliphatic heterocycles. The fraction of sp³-hybridized carbons (Fsp3) is 0.0714. The second-order valence-corrected chi connectivity index (χ2v) is 5.45. The zero-order valence-corrected chi connectivity index (χ0v) is 11.4. The van der Waals surface area contributed by atoms with Crippen LogP contribution in [0.3, 0.4) is 0 Å². The second-order valence-electron chi connectivity index (χ2n) is 4.07. The number of anilines is 1. The molecule has 0 spiro atoms. The van der Waals surface area contributed by atoms with Crippen molar-refractivity contribution in [3.05, 3.63) is 53.8 Å². The highest BCUT2D eigenvalue weighted by Gasteiger charge is 2.16. The van der Waals surface area contributed by atoms with Crippen LogP contribution in [-0.4, -0.2) is 21.5 Å². The molecule has 1 unspecified atom stereocenters. The van der Waals surface area contributed by atoms with Crippen LogP contribution in [0.5, 0.6) is 5.75 Å². The van der Waals surface area contributed by atoms with E-state index in [4.69, 9.17) is 0 Å². The maximum atomic E-state index is 13.5. The highest BCUT2D eigenvalue weighted by molar-refractivity contribution is 7.84. The predicted molar refractivity (Wildman–Crippen MR) is 74.8 cm³/mol. The van der Waals surface area contributed by atoms with Gasteiger partial charge in [-0.05, 0) is 30.3 Å². The molecule has 6 heteroatoms. The van der Waals surface area contributed by atoms with E-state index in [-0.39, 0.29) is 0 Å². The molecule has 0 saturated carbocycles. The smallest absolute Gasteiger partial charge is 0.262 e. The Labute approximate surface area is 117 Å². The normalized spacial score (nSPS) is 11.9. The third-order valence-corrected chi connectivity index (χ3v) is 3.56. The standard InChI is InChI=1S/C14H12FNO3S/c1-20(19)10-5-2-4-9(8-10)16-14(18)13-11(15)6-3-7-12(13)17/h2-8,17H,1H3,(H,16,18). The van der Waals surface area contributed by atoms with Crippen LogP contribution in [0.15, 0.2) is 47.4 Å². The first kappa shape index (κ1) is 14.2. The Morgan fingerprint density at radius 2 is 1.95 bits per heavy atom. The highest BCUT2D eigenvalue weighted by atomic mass is 32.2. The van der Waals surface area contributed by atoms with Gasteiger partial charge in [0.1, 0.15) is 17.1 Å². The van der Waals surface area contributed by atoms with Crippen LogP contribution in [0.1, 0.15) is 10.4 Å². The molecule has 0 aliphatic carbocycles. The van der Waals surface area contributed by atoms with Crippen LogP contribution >= 0.6 is 0 Å². The number of carbonyl (C=O) groups excluding carboxylic acids is 1. The molecule has 2 aromatic rings. The molecular weight excluding hydrogens is 281 g/mol. The summed E-state index contributed by atoms with van der Waals surface area (Å²) in [5, 5.41) is 12.0. The van der Waals surface area contributed by atoms with Crippen molar-refractivity contribution in [2.75, 3.05) is 11.6 Å². The van der Waals surface area contributed by atoms with Crippen molar-refractivity contribution in [1.82, 2.24) is 0 Å². The zero-order valence-electron chi connectivity index (χ0n) is 10.6. The molecule has 2 N–H and O–H groups in total. The van der Waals surface area contributed by atoms with Gasteiger partial charge in [-0.3, -0.25) is 9.00 Å². The Morgan fingerprint density at radius 1 is 1.25 bits per heavy atom. The third-order valence-electron chi connectivity index (χ3n) is 2.64. The fourth-order valence-corrected chi connectivity index (χ4v) is 2.25. The van der Waals surface area contributed by atoms with Gasteiger partial charge in [0.05, 0.1) is 0 Å². The van der Waals surface area contributed by atoms with Gasteiger partial charge in [-0.25, -0.2) is 4.39 Å². The molecule has 2 rings (SSSR count). The lowest BCUT2D eigenvalue weighted by atomic mass is 10.1. The van der Waals surface area contributed by atoms with E-state index in [1.165, 1.54) is 24.5 Å². The van der Waals surface area contributed by atoms with Gasteiger partial charge in [0.15, 0.2) is 0 Å². The summed E-state index contributed by atoms with van der Waals surface area (Å²) in [4.78, 5) is 12.5. The minimum atomic E-state index is -1.18. The number of phenols is 1. The van der Waals surface area contributed by atoms with Crippen LogP contribution in [0.25, 0.3) is 0 Å². The van der Waals surface area contributed by atoms with Gasteiger partial charge in [-0.15, -0.1) is 0 Å². The van der Waals surface area contributed by atoms with Gasteiger partial charge < -0.3 is 10.4 Å². The number of nitrogens with one attached hydrogen (secondary N) is 1. The highest BCUT2D eigenvalue weighted by Crippen LogP contribution is 2.22. The van der Waals surface area contributed by atoms with E-state index in [1.807, 2.05) is 0 Å². The molecule has 0 bridgehead atoms. The van der Waals surface area contributed by atoms with Crippen molar-refractivity contribution in [2.45, 2.75) is 4.90 Å². The Kier molecular flexibility index (Phi) is 4.14. The maximum Gasteiger partial charge on any atom is 0.262 e. The van der Waals surface area contributed by atoms with Crippen molar-refractivity contribution in [3.8, 4) is 5.75 Å². The largest absolute Gasteiger partial charge is 0.507 e. The fourth-order valence-electron chi connectivity index (χ4n) is 1.68. The van der Waals surface area contributed by atoms with Crippen LogP contribution < -0.4 is 5.32 Å². The maximum absolute atomic E-state index is 13.5. The number of amides is 1. The lowest BCUT2D eigenvalue weighted by molar-refractivity contribution is 0.102. The van der Waals surface area contributed by atoms with E-state index in [0.29, 0.717) is 10.6 Å². The molecule has 1 atom stereocenters. The van der Waals surface area contributed by atoms with Gasteiger partial charge in [0.2, 0.25) is 0 Å². The van der Waals surface area contributed by atoms with Crippen LogP contribution in [0, 0.1) is 5.82 Å². The molecule has 0 aromatic heterocycles. The van der Waals surface area contributed by atoms with Crippen molar-refractivity contribution in [2.24, 2.45) is 0 Å². The summed E-state index contributed by atoms with van der Waals surface area (Å²) in [7, 11) is -1.18. The van der Waals surface area contributed by atoms with Gasteiger partial charge in [0.25, 0.3) is 5.91 Å². The summed E-state index contributed by atoms with van der Waals surface area (Å²) < 4.78 is 24.9. The summed E-state index contributed by atoms with van der Waals surface area (Å²) in [6, 6.07) is 10.0. The summed E-state index contributed by atoms with van der Waals surface area (Å²) in [5.41, 5.74) is -0.0409. The molecule has 104 valence electrons. The first-order valence-electron chi connectivity index (χ1n) is 5.71. The Hall–Kier alpha value is -2.21. The van der Waals surface area contributed by atoms with Gasteiger partial charge in [0, 0.05) is 27.6 Å². The average molecular weight is 293 g/mol. The molecule has 0 fully saturated rings. The van der Waals surface area contributed by atoms with Crippen molar-refractivity contribution < 1.29 is 18.5 Å². The van der Waals surface area contributed by atoms with E-state index in [1.54, 1.807) is 18.2 Å². The lowest BCUT2D eigenvalue weighted by Gasteiger charge is -2.08. The van der Waals surface area contributed by atoms with E-state index in [2.05, 4.69) is 5.32 Å². The molecule has 1 amide bonds. The number of carbonyl (C=O) groups is 1.